The molecule has 1 atom stereocenters. The van der Waals surface area contributed by atoms with Crippen LogP contribution in [0.25, 0.3) is 0 Å². The van der Waals surface area contributed by atoms with Gasteiger partial charge in [-0.1, -0.05) is 6.07 Å². The van der Waals surface area contributed by atoms with Crippen molar-refractivity contribution in [3.05, 3.63) is 24.3 Å². The van der Waals surface area contributed by atoms with Gasteiger partial charge in [0.1, 0.15) is 0 Å². The molecule has 2 rings (SSSR count). The molecule has 1 amide bonds. The lowest BCUT2D eigenvalue weighted by Crippen LogP contribution is -2.24. The van der Waals surface area contributed by atoms with Crippen molar-refractivity contribution in [2.75, 3.05) is 17.7 Å². The minimum absolute atomic E-state index is 0.0459. The summed E-state index contributed by atoms with van der Waals surface area (Å²) in [4.78, 5) is 14.5. The number of anilines is 1. The number of halogens is 1. The van der Waals surface area contributed by atoms with Gasteiger partial charge >= 0.3 is 0 Å². The van der Waals surface area contributed by atoms with Crippen LogP contribution in [0.15, 0.2) is 29.2 Å². The van der Waals surface area contributed by atoms with Crippen LogP contribution in [0.1, 0.15) is 6.42 Å². The average Bonchev–Trinajstić information content (AvgIpc) is 2.58. The lowest BCUT2D eigenvalue weighted by Gasteiger charge is -2.16. The highest BCUT2D eigenvalue weighted by Gasteiger charge is 2.28. The largest absolute Gasteiger partial charge is 0.311 e. The Morgan fingerprint density at radius 1 is 1.53 bits per heavy atom. The molecular formula is C11H12ClNOS. The first-order chi connectivity index (χ1) is 7.20. The molecular weight excluding hydrogens is 230 g/mol. The van der Waals surface area contributed by atoms with Crippen molar-refractivity contribution < 1.29 is 4.79 Å². The molecule has 0 saturated carbocycles. The Kier molecular flexibility index (Phi) is 3.22. The van der Waals surface area contributed by atoms with E-state index < -0.39 is 0 Å². The maximum Gasteiger partial charge on any atom is 0.228 e. The number of amides is 1. The molecule has 0 bridgehead atoms. The zero-order chi connectivity index (χ0) is 10.8. The SMILES string of the molecule is CSc1cccc(N2CC(Cl)CC2=O)c1. The lowest BCUT2D eigenvalue weighted by atomic mass is 10.3. The molecule has 4 heteroatoms. The summed E-state index contributed by atoms with van der Waals surface area (Å²) in [6.07, 6.45) is 2.47. The molecule has 1 aromatic rings. The number of alkyl halides is 1. The summed E-state index contributed by atoms with van der Waals surface area (Å²) >= 11 is 7.63. The molecule has 0 aromatic heterocycles. The van der Waals surface area contributed by atoms with Crippen LogP contribution < -0.4 is 4.90 Å². The van der Waals surface area contributed by atoms with E-state index in [2.05, 4.69) is 0 Å². The van der Waals surface area contributed by atoms with Gasteiger partial charge in [0, 0.05) is 23.5 Å². The molecule has 0 spiro atoms. The standard InChI is InChI=1S/C11H12ClNOS/c1-15-10-4-2-3-9(6-10)13-7-8(12)5-11(13)14/h2-4,6,8H,5,7H2,1H3. The monoisotopic (exact) mass is 241 g/mol. The number of carbonyl (C=O) groups excluding carboxylic acids is 1. The first kappa shape index (κ1) is 10.8. The van der Waals surface area contributed by atoms with Gasteiger partial charge in [0.25, 0.3) is 0 Å². The van der Waals surface area contributed by atoms with Crippen molar-refractivity contribution in [1.29, 1.82) is 0 Å². The number of carbonyl (C=O) groups is 1. The van der Waals surface area contributed by atoms with Crippen LogP contribution in [0, 0.1) is 0 Å². The number of rotatable bonds is 2. The van der Waals surface area contributed by atoms with E-state index in [1.165, 1.54) is 4.90 Å². The Bertz CT molecular complexity index is 383. The van der Waals surface area contributed by atoms with E-state index >= 15 is 0 Å². The smallest absolute Gasteiger partial charge is 0.228 e. The van der Waals surface area contributed by atoms with Gasteiger partial charge in [-0.15, -0.1) is 23.4 Å². The number of hydrogen-bond donors (Lipinski definition) is 0. The van der Waals surface area contributed by atoms with E-state index in [0.29, 0.717) is 13.0 Å². The highest BCUT2D eigenvalue weighted by Crippen LogP contribution is 2.27. The molecule has 1 unspecified atom stereocenters. The average molecular weight is 242 g/mol. The molecule has 15 heavy (non-hydrogen) atoms. The van der Waals surface area contributed by atoms with E-state index in [4.69, 9.17) is 11.6 Å². The summed E-state index contributed by atoms with van der Waals surface area (Å²) in [5.41, 5.74) is 0.954. The molecule has 0 aliphatic carbocycles. The summed E-state index contributed by atoms with van der Waals surface area (Å²) in [6, 6.07) is 7.98. The molecule has 1 aliphatic heterocycles. The molecule has 1 aliphatic rings. The highest BCUT2D eigenvalue weighted by atomic mass is 35.5. The van der Waals surface area contributed by atoms with Gasteiger partial charge in [-0.2, -0.15) is 0 Å². The van der Waals surface area contributed by atoms with E-state index in [9.17, 15) is 4.79 Å². The first-order valence-corrected chi connectivity index (χ1v) is 6.45. The normalized spacial score (nSPS) is 21.1. The van der Waals surface area contributed by atoms with Gasteiger partial charge in [0.15, 0.2) is 0 Å². The highest BCUT2D eigenvalue weighted by molar-refractivity contribution is 7.98. The second kappa shape index (κ2) is 4.45. The van der Waals surface area contributed by atoms with Crippen LogP contribution in [-0.2, 0) is 4.79 Å². The van der Waals surface area contributed by atoms with Gasteiger partial charge in [-0.25, -0.2) is 0 Å². The zero-order valence-corrected chi connectivity index (χ0v) is 10.0. The van der Waals surface area contributed by atoms with E-state index in [0.717, 1.165) is 5.69 Å². The van der Waals surface area contributed by atoms with Crippen LogP contribution in [0.4, 0.5) is 5.69 Å². The van der Waals surface area contributed by atoms with Crippen molar-refractivity contribution in [2.45, 2.75) is 16.7 Å². The third-order valence-electron chi connectivity index (χ3n) is 2.44. The summed E-state index contributed by atoms with van der Waals surface area (Å²) in [5, 5.41) is -0.0459. The molecule has 1 saturated heterocycles. The fourth-order valence-electron chi connectivity index (χ4n) is 1.69. The zero-order valence-electron chi connectivity index (χ0n) is 8.44. The van der Waals surface area contributed by atoms with Crippen molar-refractivity contribution in [2.24, 2.45) is 0 Å². The van der Waals surface area contributed by atoms with E-state index in [1.807, 2.05) is 30.5 Å². The Balaban J connectivity index is 2.25. The van der Waals surface area contributed by atoms with Crippen LogP contribution in [-0.4, -0.2) is 24.1 Å². The van der Waals surface area contributed by atoms with Crippen LogP contribution in [0.2, 0.25) is 0 Å². The number of thioether (sulfide) groups is 1. The summed E-state index contributed by atoms with van der Waals surface area (Å²) in [6.45, 7) is 0.623. The maximum absolute atomic E-state index is 11.6. The van der Waals surface area contributed by atoms with Crippen LogP contribution in [0.3, 0.4) is 0 Å². The summed E-state index contributed by atoms with van der Waals surface area (Å²) in [7, 11) is 0. The number of hydrogen-bond acceptors (Lipinski definition) is 2. The fourth-order valence-corrected chi connectivity index (χ4v) is 2.42. The Morgan fingerprint density at radius 3 is 2.93 bits per heavy atom. The second-order valence-corrected chi connectivity index (χ2v) is 5.00. The summed E-state index contributed by atoms with van der Waals surface area (Å²) in [5.74, 6) is 0.119. The minimum atomic E-state index is -0.0459. The van der Waals surface area contributed by atoms with Crippen molar-refractivity contribution in [3.63, 3.8) is 0 Å². The number of benzene rings is 1. The molecule has 0 radical (unpaired) electrons. The van der Waals surface area contributed by atoms with Gasteiger partial charge < -0.3 is 4.90 Å². The summed E-state index contributed by atoms with van der Waals surface area (Å²) < 4.78 is 0. The molecule has 1 heterocycles. The van der Waals surface area contributed by atoms with Crippen molar-refractivity contribution in [3.8, 4) is 0 Å². The predicted octanol–water partition coefficient (Wildman–Crippen LogP) is 2.75. The molecule has 80 valence electrons. The minimum Gasteiger partial charge on any atom is -0.311 e. The second-order valence-electron chi connectivity index (χ2n) is 3.51. The molecule has 1 fully saturated rings. The van der Waals surface area contributed by atoms with Gasteiger partial charge in [0.2, 0.25) is 5.91 Å². The Labute approximate surface area is 98.6 Å². The Hall–Kier alpha value is -0.670. The third-order valence-corrected chi connectivity index (χ3v) is 3.46. The van der Waals surface area contributed by atoms with Crippen LogP contribution in [0.5, 0.6) is 0 Å². The number of nitrogens with zero attached hydrogens (tertiary/aromatic N) is 1. The lowest BCUT2D eigenvalue weighted by molar-refractivity contribution is -0.117. The topological polar surface area (TPSA) is 20.3 Å². The van der Waals surface area contributed by atoms with Crippen molar-refractivity contribution >= 4 is 35.0 Å². The van der Waals surface area contributed by atoms with Gasteiger partial charge in [-0.3, -0.25) is 4.79 Å². The van der Waals surface area contributed by atoms with E-state index in [-0.39, 0.29) is 11.3 Å². The third kappa shape index (κ3) is 2.29. The maximum atomic E-state index is 11.6. The van der Waals surface area contributed by atoms with E-state index in [1.54, 1.807) is 16.7 Å². The molecule has 2 nitrogen and oxygen atoms in total. The Morgan fingerprint density at radius 2 is 2.33 bits per heavy atom. The predicted molar refractivity (Wildman–Crippen MR) is 64.8 cm³/mol. The molecule has 1 aromatic carbocycles. The van der Waals surface area contributed by atoms with Crippen LogP contribution >= 0.6 is 23.4 Å². The first-order valence-electron chi connectivity index (χ1n) is 4.79. The molecule has 0 N–H and O–H groups in total. The fraction of sp³-hybridized carbons (Fsp3) is 0.364. The quantitative estimate of drug-likeness (QED) is 0.586. The van der Waals surface area contributed by atoms with Gasteiger partial charge in [0.05, 0.1) is 5.38 Å². The van der Waals surface area contributed by atoms with Crippen molar-refractivity contribution in [1.82, 2.24) is 0 Å². The van der Waals surface area contributed by atoms with Gasteiger partial charge in [-0.05, 0) is 24.5 Å².